The van der Waals surface area contributed by atoms with Gasteiger partial charge in [-0.15, -0.1) is 6.58 Å². The van der Waals surface area contributed by atoms with Crippen molar-refractivity contribution in [3.63, 3.8) is 0 Å². The Hall–Kier alpha value is -0.830. The number of hydrogen-bond acceptors (Lipinski definition) is 2. The lowest BCUT2D eigenvalue weighted by Gasteiger charge is -2.29. The van der Waals surface area contributed by atoms with Gasteiger partial charge in [0.25, 0.3) is 0 Å². The molecule has 0 radical (unpaired) electrons. The second-order valence-corrected chi connectivity index (χ2v) is 4.14. The Kier molecular flexibility index (Phi) is 5.46. The molecular formula is C11H22N2O. The molecular weight excluding hydrogens is 176 g/mol. The molecule has 0 aromatic carbocycles. The summed E-state index contributed by atoms with van der Waals surface area (Å²) in [7, 11) is 0. The Labute approximate surface area is 87.0 Å². The molecule has 0 spiro atoms. The van der Waals surface area contributed by atoms with Gasteiger partial charge in [0, 0.05) is 12.6 Å². The Bertz CT molecular complexity index is 199. The van der Waals surface area contributed by atoms with E-state index in [-0.39, 0.29) is 17.9 Å². The number of nitrogens with zero attached hydrogens (tertiary/aromatic N) is 1. The van der Waals surface area contributed by atoms with E-state index in [2.05, 4.69) is 6.58 Å². The Morgan fingerprint density at radius 1 is 1.43 bits per heavy atom. The van der Waals surface area contributed by atoms with E-state index >= 15 is 0 Å². The molecule has 0 rings (SSSR count). The highest BCUT2D eigenvalue weighted by Crippen LogP contribution is 2.07. The highest BCUT2D eigenvalue weighted by Gasteiger charge is 2.24. The van der Waals surface area contributed by atoms with E-state index in [9.17, 15) is 4.79 Å². The zero-order valence-electron chi connectivity index (χ0n) is 9.66. The van der Waals surface area contributed by atoms with Gasteiger partial charge in [0.05, 0.1) is 6.04 Å². The summed E-state index contributed by atoms with van der Waals surface area (Å²) < 4.78 is 0. The van der Waals surface area contributed by atoms with Crippen molar-refractivity contribution in [2.24, 2.45) is 11.7 Å². The maximum absolute atomic E-state index is 11.9. The summed E-state index contributed by atoms with van der Waals surface area (Å²) in [5.41, 5.74) is 5.80. The quantitative estimate of drug-likeness (QED) is 0.679. The van der Waals surface area contributed by atoms with Gasteiger partial charge in [-0.25, -0.2) is 0 Å². The van der Waals surface area contributed by atoms with Crippen LogP contribution in [0.5, 0.6) is 0 Å². The van der Waals surface area contributed by atoms with E-state index in [1.54, 1.807) is 11.0 Å². The van der Waals surface area contributed by atoms with Crippen LogP contribution in [-0.4, -0.2) is 29.4 Å². The van der Waals surface area contributed by atoms with Crippen LogP contribution in [0, 0.1) is 5.92 Å². The molecule has 2 N–H and O–H groups in total. The first-order valence-corrected chi connectivity index (χ1v) is 5.08. The highest BCUT2D eigenvalue weighted by atomic mass is 16.2. The molecule has 0 fully saturated rings. The van der Waals surface area contributed by atoms with Crippen LogP contribution in [0.1, 0.15) is 27.7 Å². The summed E-state index contributed by atoms with van der Waals surface area (Å²) in [5, 5.41) is 0. The zero-order valence-corrected chi connectivity index (χ0v) is 9.66. The highest BCUT2D eigenvalue weighted by molar-refractivity contribution is 5.82. The Morgan fingerprint density at radius 3 is 2.21 bits per heavy atom. The SMILES string of the molecule is C=CCN(C(=O)[C@@H](N)C(C)C)C(C)C. The Morgan fingerprint density at radius 2 is 1.93 bits per heavy atom. The first-order valence-electron chi connectivity index (χ1n) is 5.08. The van der Waals surface area contributed by atoms with Crippen molar-refractivity contribution in [2.45, 2.75) is 39.8 Å². The summed E-state index contributed by atoms with van der Waals surface area (Å²) in [6.07, 6.45) is 1.73. The maximum Gasteiger partial charge on any atom is 0.240 e. The molecule has 0 aromatic heterocycles. The number of amides is 1. The molecule has 0 aliphatic heterocycles. The average molecular weight is 198 g/mol. The van der Waals surface area contributed by atoms with Crippen LogP contribution in [0.15, 0.2) is 12.7 Å². The van der Waals surface area contributed by atoms with E-state index in [1.165, 1.54) is 0 Å². The molecule has 1 atom stereocenters. The van der Waals surface area contributed by atoms with Crippen molar-refractivity contribution in [1.82, 2.24) is 4.90 Å². The third kappa shape index (κ3) is 3.50. The smallest absolute Gasteiger partial charge is 0.240 e. The molecule has 0 bridgehead atoms. The van der Waals surface area contributed by atoms with Crippen LogP contribution in [-0.2, 0) is 4.79 Å². The van der Waals surface area contributed by atoms with Crippen molar-refractivity contribution < 1.29 is 4.79 Å². The lowest BCUT2D eigenvalue weighted by atomic mass is 10.0. The molecule has 0 aliphatic rings. The molecule has 0 saturated heterocycles. The predicted molar refractivity (Wildman–Crippen MR) is 59.9 cm³/mol. The van der Waals surface area contributed by atoms with Gasteiger partial charge in [0.1, 0.15) is 0 Å². The van der Waals surface area contributed by atoms with Gasteiger partial charge in [0.15, 0.2) is 0 Å². The fourth-order valence-corrected chi connectivity index (χ4v) is 1.17. The molecule has 82 valence electrons. The van der Waals surface area contributed by atoms with Gasteiger partial charge in [-0.1, -0.05) is 19.9 Å². The van der Waals surface area contributed by atoms with Gasteiger partial charge < -0.3 is 10.6 Å². The van der Waals surface area contributed by atoms with Crippen molar-refractivity contribution >= 4 is 5.91 Å². The third-order valence-corrected chi connectivity index (χ3v) is 2.24. The standard InChI is InChI=1S/C11H22N2O/c1-6-7-13(9(4)5)11(14)10(12)8(2)3/h6,8-10H,1,7,12H2,2-5H3/t10-/m0/s1. The number of carbonyl (C=O) groups is 1. The molecule has 0 heterocycles. The number of carbonyl (C=O) groups excluding carboxylic acids is 1. The Balaban J connectivity index is 4.50. The molecule has 3 nitrogen and oxygen atoms in total. The first kappa shape index (κ1) is 13.2. The number of rotatable bonds is 5. The fraction of sp³-hybridized carbons (Fsp3) is 0.727. The predicted octanol–water partition coefficient (Wildman–Crippen LogP) is 1.39. The second-order valence-electron chi connectivity index (χ2n) is 4.14. The summed E-state index contributed by atoms with van der Waals surface area (Å²) in [5.74, 6) is 0.184. The van der Waals surface area contributed by atoms with E-state index in [0.29, 0.717) is 6.54 Å². The van der Waals surface area contributed by atoms with Crippen LogP contribution in [0.3, 0.4) is 0 Å². The van der Waals surface area contributed by atoms with E-state index < -0.39 is 6.04 Å². The minimum absolute atomic E-state index is 0.00917. The van der Waals surface area contributed by atoms with Crippen LogP contribution < -0.4 is 5.73 Å². The largest absolute Gasteiger partial charge is 0.335 e. The third-order valence-electron chi connectivity index (χ3n) is 2.24. The minimum atomic E-state index is -0.405. The van der Waals surface area contributed by atoms with Crippen LogP contribution >= 0.6 is 0 Å². The zero-order chi connectivity index (χ0) is 11.3. The van der Waals surface area contributed by atoms with Crippen molar-refractivity contribution in [3.8, 4) is 0 Å². The summed E-state index contributed by atoms with van der Waals surface area (Å²) in [6, 6.07) is -0.234. The van der Waals surface area contributed by atoms with E-state index in [4.69, 9.17) is 5.73 Å². The summed E-state index contributed by atoms with van der Waals surface area (Å²) in [4.78, 5) is 13.6. The number of hydrogen-bond donors (Lipinski definition) is 1. The lowest BCUT2D eigenvalue weighted by Crippen LogP contribution is -2.49. The van der Waals surface area contributed by atoms with Crippen LogP contribution in [0.25, 0.3) is 0 Å². The molecule has 0 unspecified atom stereocenters. The molecule has 14 heavy (non-hydrogen) atoms. The molecule has 0 aliphatic carbocycles. The maximum atomic E-state index is 11.9. The normalized spacial score (nSPS) is 13.1. The molecule has 1 amide bonds. The molecule has 3 heteroatoms. The van der Waals surface area contributed by atoms with E-state index in [0.717, 1.165) is 0 Å². The fourth-order valence-electron chi connectivity index (χ4n) is 1.17. The molecule has 0 saturated carbocycles. The number of nitrogens with two attached hydrogens (primary N) is 1. The van der Waals surface area contributed by atoms with Gasteiger partial charge >= 0.3 is 0 Å². The van der Waals surface area contributed by atoms with Gasteiger partial charge in [0.2, 0.25) is 5.91 Å². The monoisotopic (exact) mass is 198 g/mol. The van der Waals surface area contributed by atoms with Gasteiger partial charge in [-0.2, -0.15) is 0 Å². The minimum Gasteiger partial charge on any atom is -0.335 e. The van der Waals surface area contributed by atoms with Gasteiger partial charge in [-0.3, -0.25) is 4.79 Å². The van der Waals surface area contributed by atoms with Crippen molar-refractivity contribution in [2.75, 3.05) is 6.54 Å². The molecule has 0 aromatic rings. The van der Waals surface area contributed by atoms with Gasteiger partial charge in [-0.05, 0) is 19.8 Å². The second kappa shape index (κ2) is 5.81. The van der Waals surface area contributed by atoms with Crippen LogP contribution in [0.2, 0.25) is 0 Å². The summed E-state index contributed by atoms with van der Waals surface area (Å²) >= 11 is 0. The summed E-state index contributed by atoms with van der Waals surface area (Å²) in [6.45, 7) is 12.1. The van der Waals surface area contributed by atoms with Crippen molar-refractivity contribution in [1.29, 1.82) is 0 Å². The van der Waals surface area contributed by atoms with Crippen LogP contribution in [0.4, 0.5) is 0 Å². The van der Waals surface area contributed by atoms with Crippen molar-refractivity contribution in [3.05, 3.63) is 12.7 Å². The van der Waals surface area contributed by atoms with E-state index in [1.807, 2.05) is 27.7 Å². The topological polar surface area (TPSA) is 46.3 Å². The average Bonchev–Trinajstić information content (AvgIpc) is 2.11. The first-order chi connectivity index (χ1) is 6.41. The lowest BCUT2D eigenvalue weighted by molar-refractivity contribution is -0.134.